The monoisotopic (exact) mass is 320 g/mol. The predicted octanol–water partition coefficient (Wildman–Crippen LogP) is 4.47. The van der Waals surface area contributed by atoms with E-state index >= 15 is 0 Å². The lowest BCUT2D eigenvalue weighted by Crippen LogP contribution is -2.02. The number of alkyl halides is 1. The minimum Gasteiger partial charge on any atom is -0.497 e. The predicted molar refractivity (Wildman–Crippen MR) is 87.1 cm³/mol. The average Bonchev–Trinajstić information content (AvgIpc) is 2.87. The van der Waals surface area contributed by atoms with E-state index in [2.05, 4.69) is 9.55 Å². The molecule has 3 rings (SSSR count). The Morgan fingerprint density at radius 2 is 2.00 bits per heavy atom. The summed E-state index contributed by atoms with van der Waals surface area (Å²) < 4.78 is 7.38. The number of imidazole rings is 1. The van der Waals surface area contributed by atoms with Crippen molar-refractivity contribution in [3.05, 3.63) is 53.3 Å². The normalized spacial score (nSPS) is 11.0. The number of benzene rings is 2. The fraction of sp³-hybridized carbons (Fsp3) is 0.188. The Balaban J connectivity index is 2.28. The van der Waals surface area contributed by atoms with Crippen LogP contribution in [0, 0.1) is 0 Å². The lowest BCUT2D eigenvalue weighted by Gasteiger charge is -2.10. The van der Waals surface area contributed by atoms with Gasteiger partial charge in [0.25, 0.3) is 0 Å². The number of rotatable bonds is 4. The Bertz CT molecular complexity index is 783. The molecule has 0 aliphatic carbocycles. The summed E-state index contributed by atoms with van der Waals surface area (Å²) >= 11 is 12.2. The molecular weight excluding hydrogens is 307 g/mol. The second kappa shape index (κ2) is 5.96. The molecule has 0 unspecified atom stereocenters. The molecule has 1 heterocycles. The molecule has 0 amide bonds. The molecule has 3 aromatic rings. The van der Waals surface area contributed by atoms with Crippen LogP contribution in [-0.4, -0.2) is 22.5 Å². The molecule has 5 heteroatoms. The highest BCUT2D eigenvalue weighted by Gasteiger charge is 2.14. The fourth-order valence-electron chi connectivity index (χ4n) is 2.40. The van der Waals surface area contributed by atoms with Crippen LogP contribution in [0.5, 0.6) is 5.75 Å². The maximum Gasteiger partial charge on any atom is 0.120 e. The first-order chi connectivity index (χ1) is 10.2. The van der Waals surface area contributed by atoms with Gasteiger partial charge in [-0.05, 0) is 24.3 Å². The van der Waals surface area contributed by atoms with Crippen LogP contribution in [0.4, 0.5) is 0 Å². The van der Waals surface area contributed by atoms with Gasteiger partial charge in [-0.25, -0.2) is 4.98 Å². The molecule has 0 spiro atoms. The smallest absolute Gasteiger partial charge is 0.120 e. The van der Waals surface area contributed by atoms with E-state index in [0.717, 1.165) is 28.3 Å². The SMILES string of the molecule is COc1cccc(-n2c(CCCl)nc3c(Cl)cccc32)c1. The van der Waals surface area contributed by atoms with Gasteiger partial charge in [0.1, 0.15) is 17.1 Å². The highest BCUT2D eigenvalue weighted by molar-refractivity contribution is 6.35. The first-order valence-corrected chi connectivity index (χ1v) is 7.52. The molecule has 0 aliphatic rings. The maximum atomic E-state index is 6.26. The van der Waals surface area contributed by atoms with E-state index in [1.165, 1.54) is 0 Å². The Morgan fingerprint density at radius 1 is 1.19 bits per heavy atom. The Labute approximate surface area is 133 Å². The van der Waals surface area contributed by atoms with Crippen LogP contribution in [0.2, 0.25) is 5.02 Å². The summed E-state index contributed by atoms with van der Waals surface area (Å²) in [6.07, 6.45) is 0.670. The number of nitrogens with zero attached hydrogens (tertiary/aromatic N) is 2. The number of halogens is 2. The number of aromatic nitrogens is 2. The lowest BCUT2D eigenvalue weighted by atomic mass is 10.2. The molecule has 0 radical (unpaired) electrons. The second-order valence-corrected chi connectivity index (χ2v) is 5.40. The quantitative estimate of drug-likeness (QED) is 0.663. The summed E-state index contributed by atoms with van der Waals surface area (Å²) in [5, 5.41) is 0.643. The Hall–Kier alpha value is -1.71. The van der Waals surface area contributed by atoms with Gasteiger partial charge < -0.3 is 4.74 Å². The van der Waals surface area contributed by atoms with Crippen LogP contribution < -0.4 is 4.74 Å². The average molecular weight is 321 g/mol. The summed E-state index contributed by atoms with van der Waals surface area (Å²) in [7, 11) is 1.65. The molecule has 0 aliphatic heterocycles. The van der Waals surface area contributed by atoms with Crippen molar-refractivity contribution in [2.45, 2.75) is 6.42 Å². The van der Waals surface area contributed by atoms with Crippen molar-refractivity contribution in [1.29, 1.82) is 0 Å². The fourth-order valence-corrected chi connectivity index (χ4v) is 2.78. The third-order valence-electron chi connectivity index (χ3n) is 3.33. The van der Waals surface area contributed by atoms with E-state index in [1.54, 1.807) is 7.11 Å². The third kappa shape index (κ3) is 2.59. The zero-order valence-corrected chi connectivity index (χ0v) is 13.0. The molecule has 108 valence electrons. The Morgan fingerprint density at radius 3 is 2.76 bits per heavy atom. The number of para-hydroxylation sites is 1. The number of aryl methyl sites for hydroxylation is 1. The van der Waals surface area contributed by atoms with Gasteiger partial charge in [-0.1, -0.05) is 23.7 Å². The Kier molecular flexibility index (Phi) is 4.04. The van der Waals surface area contributed by atoms with Gasteiger partial charge in [-0.3, -0.25) is 4.57 Å². The van der Waals surface area contributed by atoms with E-state index in [1.807, 2.05) is 42.5 Å². The number of fused-ring (bicyclic) bond motifs is 1. The van der Waals surface area contributed by atoms with Crippen molar-refractivity contribution in [2.75, 3.05) is 13.0 Å². The highest BCUT2D eigenvalue weighted by Crippen LogP contribution is 2.28. The minimum absolute atomic E-state index is 0.505. The van der Waals surface area contributed by atoms with Gasteiger partial charge in [0, 0.05) is 18.4 Å². The van der Waals surface area contributed by atoms with Gasteiger partial charge in [0.2, 0.25) is 0 Å². The molecule has 0 bridgehead atoms. The zero-order valence-electron chi connectivity index (χ0n) is 11.5. The molecule has 0 atom stereocenters. The van der Waals surface area contributed by atoms with Gasteiger partial charge in [-0.15, -0.1) is 11.6 Å². The van der Waals surface area contributed by atoms with Crippen molar-refractivity contribution in [3.63, 3.8) is 0 Å². The standard InChI is InChI=1S/C16H14Cl2N2O/c1-21-12-5-2-4-11(10-12)20-14-7-3-6-13(18)16(14)19-15(20)8-9-17/h2-7,10H,8-9H2,1H3. The van der Waals surface area contributed by atoms with Crippen LogP contribution in [-0.2, 0) is 6.42 Å². The van der Waals surface area contributed by atoms with E-state index in [0.29, 0.717) is 17.3 Å². The van der Waals surface area contributed by atoms with Crippen LogP contribution in [0.25, 0.3) is 16.7 Å². The zero-order chi connectivity index (χ0) is 14.8. The summed E-state index contributed by atoms with van der Waals surface area (Å²) in [5.41, 5.74) is 2.75. The van der Waals surface area contributed by atoms with E-state index in [9.17, 15) is 0 Å². The largest absolute Gasteiger partial charge is 0.497 e. The van der Waals surface area contributed by atoms with E-state index in [-0.39, 0.29) is 0 Å². The van der Waals surface area contributed by atoms with Gasteiger partial charge in [0.15, 0.2) is 0 Å². The van der Waals surface area contributed by atoms with Crippen molar-refractivity contribution in [3.8, 4) is 11.4 Å². The second-order valence-electron chi connectivity index (χ2n) is 4.61. The number of methoxy groups -OCH3 is 1. The molecule has 0 fully saturated rings. The molecule has 0 N–H and O–H groups in total. The molecule has 21 heavy (non-hydrogen) atoms. The van der Waals surface area contributed by atoms with E-state index in [4.69, 9.17) is 27.9 Å². The first kappa shape index (κ1) is 14.2. The first-order valence-electron chi connectivity index (χ1n) is 6.61. The summed E-state index contributed by atoms with van der Waals surface area (Å²) in [5.74, 6) is 2.19. The molecule has 2 aromatic carbocycles. The maximum absolute atomic E-state index is 6.26. The number of ether oxygens (including phenoxy) is 1. The van der Waals surface area contributed by atoms with Gasteiger partial charge in [0.05, 0.1) is 23.3 Å². The molecule has 0 saturated heterocycles. The molecular formula is C16H14Cl2N2O. The van der Waals surface area contributed by atoms with E-state index < -0.39 is 0 Å². The highest BCUT2D eigenvalue weighted by atomic mass is 35.5. The van der Waals surface area contributed by atoms with Crippen molar-refractivity contribution in [2.24, 2.45) is 0 Å². The van der Waals surface area contributed by atoms with Crippen molar-refractivity contribution in [1.82, 2.24) is 9.55 Å². The van der Waals surface area contributed by atoms with Gasteiger partial charge >= 0.3 is 0 Å². The molecule has 1 aromatic heterocycles. The topological polar surface area (TPSA) is 27.1 Å². The van der Waals surface area contributed by atoms with Gasteiger partial charge in [-0.2, -0.15) is 0 Å². The summed E-state index contributed by atoms with van der Waals surface area (Å²) in [4.78, 5) is 4.64. The lowest BCUT2D eigenvalue weighted by molar-refractivity contribution is 0.414. The van der Waals surface area contributed by atoms with Crippen LogP contribution >= 0.6 is 23.2 Å². The molecule has 3 nitrogen and oxygen atoms in total. The van der Waals surface area contributed by atoms with Crippen LogP contribution in [0.3, 0.4) is 0 Å². The third-order valence-corrected chi connectivity index (χ3v) is 3.83. The van der Waals surface area contributed by atoms with Crippen LogP contribution in [0.15, 0.2) is 42.5 Å². The minimum atomic E-state index is 0.505. The molecule has 0 saturated carbocycles. The number of hydrogen-bond donors (Lipinski definition) is 0. The summed E-state index contributed by atoms with van der Waals surface area (Å²) in [6, 6.07) is 13.6. The van der Waals surface area contributed by atoms with Crippen molar-refractivity contribution < 1.29 is 4.74 Å². The van der Waals surface area contributed by atoms with Crippen LogP contribution in [0.1, 0.15) is 5.82 Å². The van der Waals surface area contributed by atoms with Crippen molar-refractivity contribution >= 4 is 34.2 Å². The summed E-state index contributed by atoms with van der Waals surface area (Å²) in [6.45, 7) is 0. The number of hydrogen-bond acceptors (Lipinski definition) is 2.